The molecule has 1 amide bonds. The number of alkyl halides is 3. The second kappa shape index (κ2) is 8.90. The molecule has 0 unspecified atom stereocenters. The molecule has 35 heavy (non-hydrogen) atoms. The molecule has 4 heterocycles. The Morgan fingerprint density at radius 2 is 1.94 bits per heavy atom. The van der Waals surface area contributed by atoms with Crippen molar-refractivity contribution in [1.82, 2.24) is 29.1 Å². The van der Waals surface area contributed by atoms with Crippen molar-refractivity contribution in [2.75, 3.05) is 5.32 Å². The maximum absolute atomic E-state index is 12.9. The van der Waals surface area contributed by atoms with Gasteiger partial charge in [0.2, 0.25) is 5.91 Å². The number of anilines is 1. The number of imidazole rings is 1. The van der Waals surface area contributed by atoms with E-state index >= 15 is 0 Å². The molecule has 182 valence electrons. The molecule has 4 aromatic heterocycles. The second-order valence-corrected chi connectivity index (χ2v) is 8.42. The molecule has 11 nitrogen and oxygen atoms in total. The van der Waals surface area contributed by atoms with Gasteiger partial charge in [-0.05, 0) is 25.5 Å². The summed E-state index contributed by atoms with van der Waals surface area (Å²) < 4.78 is 40.7. The third-order valence-electron chi connectivity index (χ3n) is 4.82. The van der Waals surface area contributed by atoms with E-state index in [-0.39, 0.29) is 29.1 Å². The van der Waals surface area contributed by atoms with Gasteiger partial charge in [0.15, 0.2) is 11.2 Å². The van der Waals surface area contributed by atoms with Gasteiger partial charge in [0, 0.05) is 17.1 Å². The van der Waals surface area contributed by atoms with E-state index in [1.54, 1.807) is 0 Å². The number of thiazole rings is 1. The number of rotatable bonds is 6. The zero-order valence-corrected chi connectivity index (χ0v) is 19.0. The predicted octanol–water partition coefficient (Wildman–Crippen LogP) is 1.96. The summed E-state index contributed by atoms with van der Waals surface area (Å²) >= 11 is 1.10. The van der Waals surface area contributed by atoms with Crippen molar-refractivity contribution in [3.05, 3.63) is 56.1 Å². The van der Waals surface area contributed by atoms with E-state index in [0.29, 0.717) is 15.1 Å². The molecule has 4 aromatic rings. The molecule has 2 N–H and O–H groups in total. The highest BCUT2D eigenvalue weighted by atomic mass is 32.1. The first-order valence-corrected chi connectivity index (χ1v) is 10.8. The predicted molar refractivity (Wildman–Crippen MR) is 119 cm³/mol. The Morgan fingerprint density at radius 3 is 2.60 bits per heavy atom. The van der Waals surface area contributed by atoms with Gasteiger partial charge in [-0.15, -0.1) is 11.3 Å². The first kappa shape index (κ1) is 24.0. The summed E-state index contributed by atoms with van der Waals surface area (Å²) in [6.45, 7) is 1.74. The first-order chi connectivity index (χ1) is 16.4. The quantitative estimate of drug-likeness (QED) is 0.406. The Bertz CT molecular complexity index is 1580. The molecule has 0 bridgehead atoms. The smallest absolute Gasteiger partial charge is 0.315 e. The van der Waals surface area contributed by atoms with Crippen molar-refractivity contribution < 1.29 is 22.8 Å². The fourth-order valence-corrected chi connectivity index (χ4v) is 4.10. The number of carbonyl (C=O) groups excluding carboxylic acids is 2. The van der Waals surface area contributed by atoms with E-state index in [9.17, 15) is 32.3 Å². The summed E-state index contributed by atoms with van der Waals surface area (Å²) in [5.41, 5.74) is -2.35. The number of ketones is 1. The van der Waals surface area contributed by atoms with Crippen LogP contribution in [0.25, 0.3) is 21.7 Å². The lowest BCUT2D eigenvalue weighted by Gasteiger charge is -2.09. The third kappa shape index (κ3) is 4.89. The molecule has 15 heteroatoms. The van der Waals surface area contributed by atoms with E-state index in [1.165, 1.54) is 36.2 Å². The molecule has 0 saturated carbocycles. The number of amides is 1. The van der Waals surface area contributed by atoms with Gasteiger partial charge in [-0.1, -0.05) is 0 Å². The minimum absolute atomic E-state index is 0.0336. The van der Waals surface area contributed by atoms with Gasteiger partial charge in [-0.2, -0.15) is 13.2 Å². The highest BCUT2D eigenvalue weighted by molar-refractivity contribution is 7.13. The minimum atomic E-state index is -4.57. The monoisotopic (exact) mass is 507 g/mol. The van der Waals surface area contributed by atoms with Crippen LogP contribution < -0.4 is 16.6 Å². The van der Waals surface area contributed by atoms with Crippen LogP contribution in [0.15, 0.2) is 33.6 Å². The number of H-pyrrole nitrogens is 1. The highest BCUT2D eigenvalue weighted by Crippen LogP contribution is 2.33. The Kier molecular flexibility index (Phi) is 6.10. The summed E-state index contributed by atoms with van der Waals surface area (Å²) in [6.07, 6.45) is -2.31. The normalized spacial score (nSPS) is 11.7. The highest BCUT2D eigenvalue weighted by Gasteiger charge is 2.34. The van der Waals surface area contributed by atoms with Crippen LogP contribution in [0.4, 0.5) is 19.0 Å². The number of fused-ring (bicyclic) bond motifs is 1. The SMILES string of the molecule is CC(=O)Cn1c(=O)[nH]c2ncn(CC(=O)Nc3csc(-c4cnc(C(F)(F)F)c(C)c4)n3)c2c1=O. The van der Waals surface area contributed by atoms with Gasteiger partial charge in [0.25, 0.3) is 5.56 Å². The molecule has 0 aliphatic rings. The van der Waals surface area contributed by atoms with Gasteiger partial charge < -0.3 is 9.88 Å². The molecule has 0 spiro atoms. The maximum Gasteiger partial charge on any atom is 0.433 e. The van der Waals surface area contributed by atoms with E-state index in [4.69, 9.17) is 0 Å². The number of hydrogen-bond donors (Lipinski definition) is 2. The Hall–Kier alpha value is -4.14. The number of nitrogens with zero attached hydrogens (tertiary/aromatic N) is 5. The lowest BCUT2D eigenvalue weighted by molar-refractivity contribution is -0.141. The number of aromatic nitrogens is 6. The number of carbonyl (C=O) groups is 2. The summed E-state index contributed by atoms with van der Waals surface area (Å²) in [6, 6.07) is 1.31. The first-order valence-electron chi connectivity index (χ1n) is 9.91. The molecule has 0 radical (unpaired) electrons. The van der Waals surface area contributed by atoms with Crippen LogP contribution in [0.2, 0.25) is 0 Å². The van der Waals surface area contributed by atoms with Gasteiger partial charge in [-0.3, -0.25) is 28.9 Å². The number of halogens is 3. The second-order valence-electron chi connectivity index (χ2n) is 7.57. The van der Waals surface area contributed by atoms with Crippen LogP contribution in [0.1, 0.15) is 18.2 Å². The topological polar surface area (TPSA) is 145 Å². The lowest BCUT2D eigenvalue weighted by Crippen LogP contribution is -2.37. The average Bonchev–Trinajstić information content (AvgIpc) is 3.37. The summed E-state index contributed by atoms with van der Waals surface area (Å²) in [4.78, 5) is 62.7. The number of Topliss-reactive ketones (excluding diaryl/α,β-unsaturated/α-hetero) is 1. The van der Waals surface area contributed by atoms with E-state index < -0.39 is 41.4 Å². The van der Waals surface area contributed by atoms with Crippen LogP contribution in [0, 0.1) is 6.92 Å². The molecular weight excluding hydrogens is 491 g/mol. The molecule has 0 aromatic carbocycles. The van der Waals surface area contributed by atoms with Gasteiger partial charge in [0.05, 0.1) is 12.9 Å². The largest absolute Gasteiger partial charge is 0.433 e. The molecule has 0 atom stereocenters. The molecule has 0 fully saturated rings. The number of pyridine rings is 1. The molecule has 0 saturated heterocycles. The van der Waals surface area contributed by atoms with Gasteiger partial charge >= 0.3 is 11.9 Å². The fourth-order valence-electron chi connectivity index (χ4n) is 3.36. The average molecular weight is 507 g/mol. The van der Waals surface area contributed by atoms with Crippen molar-refractivity contribution in [2.45, 2.75) is 33.1 Å². The van der Waals surface area contributed by atoms with Gasteiger partial charge in [0.1, 0.15) is 28.8 Å². The summed E-state index contributed by atoms with van der Waals surface area (Å²) in [7, 11) is 0. The minimum Gasteiger partial charge on any atom is -0.315 e. The van der Waals surface area contributed by atoms with E-state index in [1.807, 2.05) is 0 Å². The zero-order chi connectivity index (χ0) is 25.5. The molecule has 0 aliphatic heterocycles. The van der Waals surface area contributed by atoms with Gasteiger partial charge in [-0.25, -0.2) is 14.8 Å². The number of nitrogens with one attached hydrogen (secondary N) is 2. The molecule has 0 aliphatic carbocycles. The Morgan fingerprint density at radius 1 is 1.20 bits per heavy atom. The maximum atomic E-state index is 12.9. The molecular formula is C20H16F3N7O4S. The van der Waals surface area contributed by atoms with Crippen molar-refractivity contribution in [3.8, 4) is 10.6 Å². The number of aryl methyl sites for hydroxylation is 1. The number of aromatic amines is 1. The zero-order valence-electron chi connectivity index (χ0n) is 18.1. The number of hydrogen-bond acceptors (Lipinski definition) is 8. The lowest BCUT2D eigenvalue weighted by atomic mass is 10.1. The molecule has 4 rings (SSSR count). The van der Waals surface area contributed by atoms with E-state index in [0.717, 1.165) is 17.5 Å². The van der Waals surface area contributed by atoms with Crippen molar-refractivity contribution >= 4 is 40.0 Å². The van der Waals surface area contributed by atoms with Crippen molar-refractivity contribution in [3.63, 3.8) is 0 Å². The van der Waals surface area contributed by atoms with Crippen molar-refractivity contribution in [1.29, 1.82) is 0 Å². The summed E-state index contributed by atoms with van der Waals surface area (Å²) in [5, 5.41) is 4.39. The van der Waals surface area contributed by atoms with Crippen LogP contribution in [-0.4, -0.2) is 40.8 Å². The Labute approximate surface area is 197 Å². The van der Waals surface area contributed by atoms with Crippen molar-refractivity contribution in [2.24, 2.45) is 0 Å². The Balaban J connectivity index is 1.53. The third-order valence-corrected chi connectivity index (χ3v) is 5.71. The fraction of sp³-hybridized carbons (Fsp3) is 0.250. The summed E-state index contributed by atoms with van der Waals surface area (Å²) in [5.74, 6) is -0.829. The standard InChI is InChI=1S/C20H16F3N7O4S/c1-9-3-11(4-24-15(9)20(21,22)23)17-27-12(7-35-17)26-13(32)6-29-8-25-16-14(29)18(33)30(5-10(2)31)19(34)28-16/h3-4,7-8H,5-6H2,1-2H3,(H,26,32)(H,28,34). The van der Waals surface area contributed by atoms with Crippen LogP contribution in [0.3, 0.4) is 0 Å². The van der Waals surface area contributed by atoms with Crippen LogP contribution >= 0.6 is 11.3 Å². The van der Waals surface area contributed by atoms with Crippen LogP contribution in [0.5, 0.6) is 0 Å². The van der Waals surface area contributed by atoms with Crippen LogP contribution in [-0.2, 0) is 28.9 Å². The van der Waals surface area contributed by atoms with E-state index in [2.05, 4.69) is 25.3 Å².